The van der Waals surface area contributed by atoms with E-state index >= 15 is 0 Å². The monoisotopic (exact) mass is 409 g/mol. The van der Waals surface area contributed by atoms with Gasteiger partial charge in [0.15, 0.2) is 0 Å². The molecule has 0 saturated carbocycles. The summed E-state index contributed by atoms with van der Waals surface area (Å²) in [5.74, 6) is -1.42. The second-order valence-electron chi connectivity index (χ2n) is 6.06. The number of imide groups is 1. The Morgan fingerprint density at radius 1 is 1.00 bits per heavy atom. The Morgan fingerprint density at radius 2 is 1.62 bits per heavy atom. The maximum absolute atomic E-state index is 12.8. The van der Waals surface area contributed by atoms with Crippen molar-refractivity contribution in [1.82, 2.24) is 15.6 Å². The molecule has 0 aliphatic rings. The number of aromatic nitrogens is 1. The van der Waals surface area contributed by atoms with Crippen LogP contribution in [0.2, 0.25) is 0 Å². The van der Waals surface area contributed by atoms with Crippen LogP contribution in [0.3, 0.4) is 0 Å². The molecule has 2 N–H and O–H groups in total. The van der Waals surface area contributed by atoms with Gasteiger partial charge in [0.1, 0.15) is 9.88 Å². The number of nitrogens with one attached hydrogen (secondary N) is 2. The van der Waals surface area contributed by atoms with Gasteiger partial charge in [-0.3, -0.25) is 10.1 Å². The number of hydrogen-bond acceptors (Lipinski definition) is 6. The number of aryl methyl sites for hydroxylation is 1. The molecule has 0 saturated heterocycles. The van der Waals surface area contributed by atoms with Gasteiger partial charge in [0.05, 0.1) is 5.69 Å². The highest BCUT2D eigenvalue weighted by Crippen LogP contribution is 2.29. The highest BCUT2D eigenvalue weighted by atomic mass is 32.1. The van der Waals surface area contributed by atoms with Crippen molar-refractivity contribution in [2.24, 2.45) is 0 Å². The van der Waals surface area contributed by atoms with Gasteiger partial charge in [-0.2, -0.15) is 0 Å². The summed E-state index contributed by atoms with van der Waals surface area (Å²) < 4.78 is 5.50. The summed E-state index contributed by atoms with van der Waals surface area (Å²) in [5.41, 5.74) is 1.85. The predicted octanol–water partition coefficient (Wildman–Crippen LogP) is 3.47. The van der Waals surface area contributed by atoms with Crippen LogP contribution in [-0.2, 0) is 9.53 Å². The minimum absolute atomic E-state index is 0.303. The van der Waals surface area contributed by atoms with Crippen molar-refractivity contribution in [1.29, 1.82) is 0 Å². The third kappa shape index (κ3) is 4.85. The van der Waals surface area contributed by atoms with Crippen LogP contribution in [0.1, 0.15) is 27.0 Å². The van der Waals surface area contributed by atoms with Crippen molar-refractivity contribution < 1.29 is 19.1 Å². The van der Waals surface area contributed by atoms with E-state index in [1.165, 1.54) is 18.4 Å². The van der Waals surface area contributed by atoms with Gasteiger partial charge >= 0.3 is 12.0 Å². The molecule has 148 valence electrons. The highest BCUT2D eigenvalue weighted by molar-refractivity contribution is 7.17. The Labute approximate surface area is 171 Å². The van der Waals surface area contributed by atoms with E-state index in [1.807, 2.05) is 30.3 Å². The van der Waals surface area contributed by atoms with Crippen LogP contribution in [0, 0.1) is 6.92 Å². The van der Waals surface area contributed by atoms with Gasteiger partial charge in [-0.25, -0.2) is 14.6 Å². The number of nitrogens with zero attached hydrogens (tertiary/aromatic N) is 1. The number of benzene rings is 2. The lowest BCUT2D eigenvalue weighted by atomic mass is 10.1. The van der Waals surface area contributed by atoms with Gasteiger partial charge in [0.2, 0.25) is 6.10 Å². The number of carbonyl (C=O) groups excluding carboxylic acids is 3. The fourth-order valence-corrected chi connectivity index (χ4v) is 3.55. The fraction of sp³-hybridized carbons (Fsp3) is 0.143. The second kappa shape index (κ2) is 9.11. The van der Waals surface area contributed by atoms with E-state index in [4.69, 9.17) is 4.74 Å². The standard InChI is InChI=1S/C21H19N3O4S/c1-13-17(29-19(23-13)15-11-7-4-8-12-15)20(26)28-16(14-9-5-3-6-10-14)18(25)24-21(27)22-2/h3-12,16H,1-2H3,(H2,22,24,25,27). The normalized spacial score (nSPS) is 11.4. The van der Waals surface area contributed by atoms with Crippen LogP contribution >= 0.6 is 11.3 Å². The number of esters is 1. The Morgan fingerprint density at radius 3 is 2.24 bits per heavy atom. The van der Waals surface area contributed by atoms with E-state index < -0.39 is 24.0 Å². The summed E-state index contributed by atoms with van der Waals surface area (Å²) in [6.07, 6.45) is -1.28. The Hall–Kier alpha value is -3.52. The Bertz CT molecular complexity index is 1020. The molecule has 0 aliphatic heterocycles. The molecular weight excluding hydrogens is 390 g/mol. The Kier molecular flexibility index (Phi) is 6.36. The highest BCUT2D eigenvalue weighted by Gasteiger charge is 2.28. The van der Waals surface area contributed by atoms with E-state index in [9.17, 15) is 14.4 Å². The van der Waals surface area contributed by atoms with Gasteiger partial charge in [-0.05, 0) is 6.92 Å². The van der Waals surface area contributed by atoms with Crippen molar-refractivity contribution in [3.63, 3.8) is 0 Å². The first-order valence-corrected chi connectivity index (χ1v) is 9.62. The molecule has 1 unspecified atom stereocenters. The topological polar surface area (TPSA) is 97.4 Å². The van der Waals surface area contributed by atoms with E-state index in [-0.39, 0.29) is 0 Å². The van der Waals surface area contributed by atoms with E-state index in [0.717, 1.165) is 5.56 Å². The summed E-state index contributed by atoms with van der Waals surface area (Å²) in [6, 6.07) is 17.3. The number of amides is 3. The third-order valence-corrected chi connectivity index (χ3v) is 5.22. The van der Waals surface area contributed by atoms with E-state index in [2.05, 4.69) is 15.6 Å². The third-order valence-electron chi connectivity index (χ3n) is 4.03. The zero-order chi connectivity index (χ0) is 20.8. The quantitative estimate of drug-likeness (QED) is 0.629. The molecule has 1 aromatic heterocycles. The van der Waals surface area contributed by atoms with Crippen LogP contribution in [0.25, 0.3) is 10.6 Å². The molecule has 2 aromatic carbocycles. The van der Waals surface area contributed by atoms with E-state index in [1.54, 1.807) is 37.3 Å². The molecule has 3 aromatic rings. The van der Waals surface area contributed by atoms with Gasteiger partial charge in [-0.1, -0.05) is 60.7 Å². The van der Waals surface area contributed by atoms with Gasteiger partial charge in [-0.15, -0.1) is 11.3 Å². The van der Waals surface area contributed by atoms with Crippen LogP contribution in [0.5, 0.6) is 0 Å². The number of hydrogen-bond donors (Lipinski definition) is 2. The summed E-state index contributed by atoms with van der Waals surface area (Å²) in [6.45, 7) is 1.71. The molecule has 7 nitrogen and oxygen atoms in total. The van der Waals surface area contributed by atoms with Gasteiger partial charge in [0.25, 0.3) is 5.91 Å². The molecule has 3 rings (SSSR count). The lowest BCUT2D eigenvalue weighted by Gasteiger charge is -2.17. The minimum Gasteiger partial charge on any atom is -0.443 e. The van der Waals surface area contributed by atoms with Crippen LogP contribution in [-0.4, -0.2) is 29.9 Å². The molecule has 3 amide bonds. The number of rotatable bonds is 5. The molecule has 29 heavy (non-hydrogen) atoms. The van der Waals surface area contributed by atoms with Crippen molar-refractivity contribution >= 4 is 29.2 Å². The first-order valence-electron chi connectivity index (χ1n) is 8.81. The average molecular weight is 409 g/mol. The molecule has 8 heteroatoms. The molecule has 0 fully saturated rings. The lowest BCUT2D eigenvalue weighted by molar-refractivity contribution is -0.129. The van der Waals surface area contributed by atoms with Crippen LogP contribution in [0.4, 0.5) is 4.79 Å². The molecule has 0 bridgehead atoms. The molecule has 0 spiro atoms. The van der Waals surface area contributed by atoms with Gasteiger partial charge < -0.3 is 10.1 Å². The zero-order valence-electron chi connectivity index (χ0n) is 15.8. The number of urea groups is 1. The summed E-state index contributed by atoms with van der Waals surface area (Å²) in [7, 11) is 1.39. The number of ether oxygens (including phenoxy) is 1. The fourth-order valence-electron chi connectivity index (χ4n) is 2.59. The van der Waals surface area contributed by atoms with Crippen molar-refractivity contribution in [3.05, 3.63) is 76.8 Å². The summed E-state index contributed by atoms with van der Waals surface area (Å²) in [4.78, 5) is 41.6. The van der Waals surface area contributed by atoms with Crippen molar-refractivity contribution in [2.45, 2.75) is 13.0 Å². The van der Waals surface area contributed by atoms with Crippen LogP contribution < -0.4 is 10.6 Å². The number of thiazole rings is 1. The minimum atomic E-state index is -1.28. The van der Waals surface area contributed by atoms with Crippen LogP contribution in [0.15, 0.2) is 60.7 Å². The van der Waals surface area contributed by atoms with Gasteiger partial charge in [0, 0.05) is 18.2 Å². The average Bonchev–Trinajstić information content (AvgIpc) is 3.14. The molecular formula is C21H19N3O4S. The second-order valence-corrected chi connectivity index (χ2v) is 7.06. The molecule has 0 aliphatic carbocycles. The molecule has 1 heterocycles. The number of carbonyl (C=O) groups is 3. The first kappa shape index (κ1) is 20.2. The van der Waals surface area contributed by atoms with Crippen molar-refractivity contribution in [2.75, 3.05) is 7.05 Å². The maximum atomic E-state index is 12.8. The zero-order valence-corrected chi connectivity index (χ0v) is 16.7. The maximum Gasteiger partial charge on any atom is 0.351 e. The smallest absolute Gasteiger partial charge is 0.351 e. The molecule has 1 atom stereocenters. The lowest BCUT2D eigenvalue weighted by Crippen LogP contribution is -2.41. The van der Waals surface area contributed by atoms with Crippen molar-refractivity contribution in [3.8, 4) is 10.6 Å². The SMILES string of the molecule is CNC(=O)NC(=O)C(OC(=O)c1sc(-c2ccccc2)nc1C)c1ccccc1. The summed E-state index contributed by atoms with van der Waals surface area (Å²) in [5, 5.41) is 5.13. The largest absolute Gasteiger partial charge is 0.443 e. The molecule has 0 radical (unpaired) electrons. The first-order chi connectivity index (χ1) is 14.0. The Balaban J connectivity index is 1.86. The van der Waals surface area contributed by atoms with E-state index in [0.29, 0.717) is 21.1 Å². The summed E-state index contributed by atoms with van der Waals surface area (Å²) >= 11 is 1.19. The predicted molar refractivity (Wildman–Crippen MR) is 109 cm³/mol.